The first-order valence-corrected chi connectivity index (χ1v) is 6.99. The zero-order valence-electron chi connectivity index (χ0n) is 11.9. The molecule has 1 atom stereocenters. The van der Waals surface area contributed by atoms with E-state index in [-0.39, 0.29) is 11.7 Å². The van der Waals surface area contributed by atoms with Crippen LogP contribution in [0.1, 0.15) is 32.6 Å². The first-order chi connectivity index (χ1) is 9.52. The van der Waals surface area contributed by atoms with Crippen LogP contribution in [-0.4, -0.2) is 48.9 Å². The van der Waals surface area contributed by atoms with Gasteiger partial charge in [0.25, 0.3) is 0 Å². The van der Waals surface area contributed by atoms with Crippen LogP contribution in [0.15, 0.2) is 5.16 Å². The fourth-order valence-electron chi connectivity index (χ4n) is 2.84. The Hall–Kier alpha value is -1.34. The summed E-state index contributed by atoms with van der Waals surface area (Å²) >= 11 is 0. The van der Waals surface area contributed by atoms with Gasteiger partial charge in [0.05, 0.1) is 12.1 Å². The molecule has 2 rings (SSSR count). The van der Waals surface area contributed by atoms with Crippen molar-refractivity contribution in [2.24, 2.45) is 16.3 Å². The summed E-state index contributed by atoms with van der Waals surface area (Å²) in [6.07, 6.45) is 2.62. The molecule has 1 amide bonds. The van der Waals surface area contributed by atoms with Gasteiger partial charge in [-0.1, -0.05) is 5.16 Å². The minimum absolute atomic E-state index is 0.0429. The number of nitrogens with one attached hydrogen (secondary N) is 1. The smallest absolute Gasteiger partial charge is 0.234 e. The highest BCUT2D eigenvalue weighted by Gasteiger charge is 2.46. The monoisotopic (exact) mass is 285 g/mol. The zero-order chi connectivity index (χ0) is 14.6. The Bertz CT molecular complexity index is 385. The maximum atomic E-state index is 12.7. The average molecular weight is 285 g/mol. The lowest BCUT2D eigenvalue weighted by molar-refractivity contribution is -0.135. The second-order valence-corrected chi connectivity index (χ2v) is 5.85. The molecule has 0 spiro atoms. The number of hydrogen-bond acceptors (Lipinski definition) is 5. The number of carbonyl (C=O) groups excluding carboxylic acids is 1. The summed E-state index contributed by atoms with van der Waals surface area (Å²) in [5, 5.41) is 15.1. The van der Waals surface area contributed by atoms with Crippen molar-refractivity contribution in [3.63, 3.8) is 0 Å². The third-order valence-electron chi connectivity index (χ3n) is 4.23. The van der Waals surface area contributed by atoms with Gasteiger partial charge in [-0.15, -0.1) is 0 Å². The Balaban J connectivity index is 2.14. The van der Waals surface area contributed by atoms with Crippen molar-refractivity contribution in [3.05, 3.63) is 0 Å². The van der Waals surface area contributed by atoms with E-state index in [1.165, 1.54) is 0 Å². The second-order valence-electron chi connectivity index (χ2n) is 5.85. The summed E-state index contributed by atoms with van der Waals surface area (Å²) in [6, 6.07) is 0. The second kappa shape index (κ2) is 5.97. The van der Waals surface area contributed by atoms with Crippen LogP contribution in [0.3, 0.4) is 0 Å². The Morgan fingerprint density at radius 2 is 1.95 bits per heavy atom. The molecule has 0 aliphatic carbocycles. The van der Waals surface area contributed by atoms with Gasteiger partial charge in [-0.2, -0.15) is 0 Å². The third-order valence-corrected chi connectivity index (χ3v) is 4.23. The van der Waals surface area contributed by atoms with Crippen LogP contribution < -0.4 is 11.1 Å². The van der Waals surface area contributed by atoms with Crippen molar-refractivity contribution in [3.8, 4) is 0 Å². The van der Waals surface area contributed by atoms with Crippen molar-refractivity contribution in [1.29, 1.82) is 0 Å². The lowest BCUT2D eigenvalue weighted by atomic mass is 9.77. The summed E-state index contributed by atoms with van der Waals surface area (Å²) in [7, 11) is 0. The SMILES string of the molecule is CC1(NC(=O)C2(C(N)=NO)CCOCC2)CCCOC1. The van der Waals surface area contributed by atoms with Gasteiger partial charge in [0.1, 0.15) is 5.41 Å². The molecule has 7 nitrogen and oxygen atoms in total. The molecule has 0 aromatic carbocycles. The molecule has 114 valence electrons. The fourth-order valence-corrected chi connectivity index (χ4v) is 2.84. The largest absolute Gasteiger partial charge is 0.409 e. The van der Waals surface area contributed by atoms with Crippen molar-refractivity contribution >= 4 is 11.7 Å². The van der Waals surface area contributed by atoms with E-state index in [2.05, 4.69) is 10.5 Å². The van der Waals surface area contributed by atoms with Crippen LogP contribution >= 0.6 is 0 Å². The van der Waals surface area contributed by atoms with Gasteiger partial charge in [0, 0.05) is 19.8 Å². The van der Waals surface area contributed by atoms with Crippen LogP contribution in [0.5, 0.6) is 0 Å². The van der Waals surface area contributed by atoms with E-state index in [1.54, 1.807) is 0 Å². The van der Waals surface area contributed by atoms with E-state index in [1.807, 2.05) is 6.92 Å². The topological polar surface area (TPSA) is 106 Å². The molecule has 0 radical (unpaired) electrons. The van der Waals surface area contributed by atoms with Crippen molar-refractivity contribution in [2.75, 3.05) is 26.4 Å². The molecule has 1 unspecified atom stereocenters. The number of oxime groups is 1. The van der Waals surface area contributed by atoms with E-state index in [0.717, 1.165) is 19.4 Å². The first-order valence-electron chi connectivity index (χ1n) is 6.99. The molecule has 0 saturated carbocycles. The predicted molar refractivity (Wildman–Crippen MR) is 72.5 cm³/mol. The summed E-state index contributed by atoms with van der Waals surface area (Å²) in [6.45, 7) is 4.03. The summed E-state index contributed by atoms with van der Waals surface area (Å²) in [4.78, 5) is 12.7. The van der Waals surface area contributed by atoms with Crippen molar-refractivity contribution < 1.29 is 19.5 Å². The molecule has 0 bridgehead atoms. The Morgan fingerprint density at radius 1 is 1.25 bits per heavy atom. The van der Waals surface area contributed by atoms with Gasteiger partial charge in [0.2, 0.25) is 5.91 Å². The maximum Gasteiger partial charge on any atom is 0.234 e. The molecule has 2 aliphatic heterocycles. The van der Waals surface area contributed by atoms with Crippen LogP contribution in [0.25, 0.3) is 0 Å². The van der Waals surface area contributed by atoms with E-state index < -0.39 is 11.0 Å². The van der Waals surface area contributed by atoms with Crippen LogP contribution in [-0.2, 0) is 14.3 Å². The number of amidine groups is 1. The van der Waals surface area contributed by atoms with E-state index in [9.17, 15) is 4.79 Å². The van der Waals surface area contributed by atoms with Gasteiger partial charge < -0.3 is 25.7 Å². The average Bonchev–Trinajstić information content (AvgIpc) is 2.47. The highest BCUT2D eigenvalue weighted by Crippen LogP contribution is 2.32. The van der Waals surface area contributed by atoms with Gasteiger partial charge in [-0.25, -0.2) is 0 Å². The molecule has 7 heteroatoms. The fraction of sp³-hybridized carbons (Fsp3) is 0.846. The number of ether oxygens (including phenoxy) is 2. The van der Waals surface area contributed by atoms with Crippen molar-refractivity contribution in [1.82, 2.24) is 5.32 Å². The van der Waals surface area contributed by atoms with E-state index in [4.69, 9.17) is 20.4 Å². The zero-order valence-corrected chi connectivity index (χ0v) is 11.9. The number of nitrogens with zero attached hydrogens (tertiary/aromatic N) is 1. The molecule has 20 heavy (non-hydrogen) atoms. The number of nitrogens with two attached hydrogens (primary N) is 1. The lowest BCUT2D eigenvalue weighted by Gasteiger charge is -2.40. The summed E-state index contributed by atoms with van der Waals surface area (Å²) in [5.74, 6) is -0.247. The Labute approximate surface area is 118 Å². The molecule has 2 fully saturated rings. The molecule has 0 aromatic rings. The molecule has 0 aromatic heterocycles. The van der Waals surface area contributed by atoms with Gasteiger partial charge >= 0.3 is 0 Å². The number of carbonyl (C=O) groups is 1. The van der Waals surface area contributed by atoms with Crippen LogP contribution in [0.2, 0.25) is 0 Å². The molecule has 2 heterocycles. The first kappa shape index (κ1) is 15.1. The predicted octanol–water partition coefficient (Wildman–Crippen LogP) is 0.215. The lowest BCUT2D eigenvalue weighted by Crippen LogP contribution is -2.60. The van der Waals surface area contributed by atoms with Gasteiger partial charge in [-0.05, 0) is 32.6 Å². The number of rotatable bonds is 3. The molecule has 2 aliphatic rings. The normalized spacial score (nSPS) is 30.8. The highest BCUT2D eigenvalue weighted by atomic mass is 16.5. The molecule has 4 N–H and O–H groups in total. The van der Waals surface area contributed by atoms with Crippen molar-refractivity contribution in [2.45, 2.75) is 38.1 Å². The quantitative estimate of drug-likeness (QED) is 0.297. The summed E-state index contributed by atoms with van der Waals surface area (Å²) in [5.41, 5.74) is 4.41. The molecular formula is C13H23N3O4. The molecule has 2 saturated heterocycles. The minimum atomic E-state index is -0.979. The van der Waals surface area contributed by atoms with E-state index in [0.29, 0.717) is 32.7 Å². The number of amides is 1. The Morgan fingerprint density at radius 3 is 2.50 bits per heavy atom. The van der Waals surface area contributed by atoms with Gasteiger partial charge in [-0.3, -0.25) is 4.79 Å². The Kier molecular flexibility index (Phi) is 4.49. The van der Waals surface area contributed by atoms with E-state index >= 15 is 0 Å². The maximum absolute atomic E-state index is 12.7. The third kappa shape index (κ3) is 2.88. The van der Waals surface area contributed by atoms with Crippen LogP contribution in [0.4, 0.5) is 0 Å². The summed E-state index contributed by atoms with van der Waals surface area (Å²) < 4.78 is 10.7. The standard InChI is InChI=1S/C13H23N3O4/c1-12(3-2-6-20-9-12)15-11(17)13(10(14)16-18)4-7-19-8-5-13/h18H,2-9H2,1H3,(H2,14,16)(H,15,17). The highest BCUT2D eigenvalue weighted by molar-refractivity contribution is 6.07. The minimum Gasteiger partial charge on any atom is -0.409 e. The van der Waals surface area contributed by atoms with Gasteiger partial charge in [0.15, 0.2) is 5.84 Å². The molecular weight excluding hydrogens is 262 g/mol. The number of hydrogen-bond donors (Lipinski definition) is 3. The van der Waals surface area contributed by atoms with Crippen LogP contribution in [0, 0.1) is 5.41 Å².